The average molecular weight is 779 g/mol. The molecule has 1 aliphatic rings. The van der Waals surface area contributed by atoms with Crippen molar-refractivity contribution < 1.29 is 28.5 Å². The Morgan fingerprint density at radius 2 is 1.46 bits per heavy atom. The number of carbonyl (C=O) groups is 4. The topological polar surface area (TPSA) is 171 Å². The predicted octanol–water partition coefficient (Wildman–Crippen LogP) is 4.38. The maximum absolute atomic E-state index is 12.4. The second-order valence-electron chi connectivity index (χ2n) is 11.6. The number of hydrogen-bond donors (Lipinski definition) is 5. The van der Waals surface area contributed by atoms with E-state index in [1.165, 1.54) is 29.6 Å². The van der Waals surface area contributed by atoms with Crippen LogP contribution in [0, 0.1) is 0 Å². The summed E-state index contributed by atoms with van der Waals surface area (Å²) in [5.74, 6) is -2.37. The number of Topliss-reactive ketones (excluding diaryl/α,β-unsaturated/α-hetero) is 1. The van der Waals surface area contributed by atoms with E-state index >= 15 is 0 Å². The largest absolute Gasteiger partial charge is 0.392 e. The quantitative estimate of drug-likeness (QED) is 0.151. The molecular formula is C38H53Cl2N5O6S. The van der Waals surface area contributed by atoms with Crippen LogP contribution in [0.3, 0.4) is 0 Å². The number of aliphatic hydroxyl groups excluding tert-OH is 1. The highest BCUT2D eigenvalue weighted by molar-refractivity contribution is 7.82. The van der Waals surface area contributed by atoms with Crippen molar-refractivity contribution in [3.63, 3.8) is 0 Å². The van der Waals surface area contributed by atoms with Gasteiger partial charge >= 0.3 is 0 Å². The number of ketones is 1. The third-order valence-electron chi connectivity index (χ3n) is 7.50. The summed E-state index contributed by atoms with van der Waals surface area (Å²) in [6.07, 6.45) is 6.59. The highest BCUT2D eigenvalue weighted by atomic mass is 35.5. The minimum Gasteiger partial charge on any atom is -0.392 e. The van der Waals surface area contributed by atoms with Crippen LogP contribution in [0.25, 0.3) is 0 Å². The zero-order chi connectivity index (χ0) is 38.7. The van der Waals surface area contributed by atoms with Gasteiger partial charge in [0.2, 0.25) is 17.6 Å². The van der Waals surface area contributed by atoms with Gasteiger partial charge in [-0.05, 0) is 79.6 Å². The molecule has 286 valence electrons. The molecule has 11 nitrogen and oxygen atoms in total. The van der Waals surface area contributed by atoms with Crippen molar-refractivity contribution in [2.75, 3.05) is 39.0 Å². The zero-order valence-corrected chi connectivity index (χ0v) is 32.6. The molecule has 2 unspecified atom stereocenters. The van der Waals surface area contributed by atoms with Crippen LogP contribution in [0.1, 0.15) is 56.2 Å². The number of aliphatic hydroxyl groups is 1. The molecule has 0 saturated carbocycles. The number of nitrogens with two attached hydrogens (primary N) is 1. The molecule has 2 atom stereocenters. The first-order valence-electron chi connectivity index (χ1n) is 17.2. The molecular weight excluding hydrogens is 725 g/mol. The molecule has 0 bridgehead atoms. The van der Waals surface area contributed by atoms with Gasteiger partial charge in [-0.2, -0.15) is 0 Å². The number of hydrogen-bond acceptors (Lipinski definition) is 7. The molecule has 14 heteroatoms. The Hall–Kier alpha value is -3.65. The second-order valence-corrected chi connectivity index (χ2v) is 13.6. The summed E-state index contributed by atoms with van der Waals surface area (Å²) in [7, 11) is -1.33. The zero-order valence-electron chi connectivity index (χ0n) is 30.2. The van der Waals surface area contributed by atoms with E-state index in [1.54, 1.807) is 36.4 Å². The molecule has 1 fully saturated rings. The van der Waals surface area contributed by atoms with Crippen LogP contribution < -0.4 is 21.1 Å². The van der Waals surface area contributed by atoms with Crippen molar-refractivity contribution in [2.45, 2.75) is 65.0 Å². The first-order valence-corrected chi connectivity index (χ1v) is 19.6. The van der Waals surface area contributed by atoms with Crippen LogP contribution in [0.15, 0.2) is 78.9 Å². The maximum atomic E-state index is 12.4. The Kier molecular flexibility index (Phi) is 24.9. The van der Waals surface area contributed by atoms with Gasteiger partial charge in [0.25, 0.3) is 5.91 Å². The maximum Gasteiger partial charge on any atom is 0.289 e. The van der Waals surface area contributed by atoms with Gasteiger partial charge in [-0.3, -0.25) is 19.2 Å². The van der Waals surface area contributed by atoms with Gasteiger partial charge in [0.05, 0.1) is 30.7 Å². The molecule has 0 spiro atoms. The molecule has 1 aliphatic heterocycles. The van der Waals surface area contributed by atoms with Crippen LogP contribution in [0.2, 0.25) is 10.0 Å². The number of nitrogens with zero attached hydrogens (tertiary/aromatic N) is 1. The monoisotopic (exact) mass is 777 g/mol. The van der Waals surface area contributed by atoms with E-state index in [-0.39, 0.29) is 25.6 Å². The van der Waals surface area contributed by atoms with E-state index in [1.807, 2.05) is 18.2 Å². The normalized spacial score (nSPS) is 13.5. The number of benzene rings is 3. The molecule has 0 aliphatic carbocycles. The SMILES string of the molecule is CCCCN.CCc1ccccc1.CS(=O)NCC(=O)N1CCCC1C(=O)NCC(=O)C(=O)NCCc1ccc(Cl)cc1.OCc1ccc(Cl)cc1. The van der Waals surface area contributed by atoms with Crippen molar-refractivity contribution in [1.29, 1.82) is 0 Å². The van der Waals surface area contributed by atoms with Crippen molar-refractivity contribution >= 4 is 57.7 Å². The molecule has 0 radical (unpaired) electrons. The number of amides is 3. The standard InChI is InChI=1S/C19H25ClN4O5S.C8H10.C7H7ClO.C4H11N/c1-30(29)23-12-17(26)24-10-2-3-15(24)18(27)22-11-16(25)19(28)21-9-8-13-4-6-14(20)7-5-13;1-2-8-6-4-3-5-7-8;8-7-3-1-6(5-9)2-4-7;1-2-3-4-5/h4-7,15,23H,2-3,8-12H2,1H3,(H,21,28)(H,22,27);3-7H,2H2,1H3;1-4,9H,5H2;2-5H2,1H3. The number of carbonyl (C=O) groups excluding carboxylic acids is 4. The first kappa shape index (κ1) is 46.4. The molecule has 3 amide bonds. The molecule has 0 aromatic heterocycles. The van der Waals surface area contributed by atoms with E-state index in [0.29, 0.717) is 35.9 Å². The lowest BCUT2D eigenvalue weighted by atomic mass is 10.1. The van der Waals surface area contributed by atoms with Crippen LogP contribution in [0.5, 0.6) is 0 Å². The van der Waals surface area contributed by atoms with Gasteiger partial charge < -0.3 is 26.4 Å². The van der Waals surface area contributed by atoms with Crippen LogP contribution in [-0.4, -0.2) is 82.7 Å². The molecule has 4 rings (SSSR count). The molecule has 1 heterocycles. The van der Waals surface area contributed by atoms with E-state index in [9.17, 15) is 23.4 Å². The van der Waals surface area contributed by atoms with E-state index in [4.69, 9.17) is 34.0 Å². The van der Waals surface area contributed by atoms with E-state index < -0.39 is 41.2 Å². The van der Waals surface area contributed by atoms with Crippen molar-refractivity contribution in [2.24, 2.45) is 5.73 Å². The molecule has 3 aromatic rings. The predicted molar refractivity (Wildman–Crippen MR) is 210 cm³/mol. The number of likely N-dealkylation sites (tertiary alicyclic amines) is 1. The minimum absolute atomic E-state index is 0.0805. The summed E-state index contributed by atoms with van der Waals surface area (Å²) < 4.78 is 13.6. The molecule has 6 N–H and O–H groups in total. The first-order chi connectivity index (χ1) is 24.9. The fourth-order valence-electron chi connectivity index (χ4n) is 4.55. The van der Waals surface area contributed by atoms with Gasteiger partial charge in [0.15, 0.2) is 0 Å². The van der Waals surface area contributed by atoms with Gasteiger partial charge in [-0.15, -0.1) is 0 Å². The van der Waals surface area contributed by atoms with Crippen LogP contribution in [0.4, 0.5) is 0 Å². The minimum atomic E-state index is -1.33. The lowest BCUT2D eigenvalue weighted by Crippen LogP contribution is -2.50. The van der Waals surface area contributed by atoms with E-state index in [2.05, 4.69) is 53.5 Å². The summed E-state index contributed by atoms with van der Waals surface area (Å²) in [5, 5.41) is 14.9. The summed E-state index contributed by atoms with van der Waals surface area (Å²) in [5.41, 5.74) is 8.40. The fraction of sp³-hybridized carbons (Fsp3) is 0.421. The van der Waals surface area contributed by atoms with Crippen LogP contribution in [-0.2, 0) is 49.6 Å². The van der Waals surface area contributed by atoms with Crippen molar-refractivity contribution in [3.05, 3.63) is 106 Å². The summed E-state index contributed by atoms with van der Waals surface area (Å²) in [6, 6.07) is 24.0. The molecule has 3 aromatic carbocycles. The molecule has 1 saturated heterocycles. The number of halogens is 2. The average Bonchev–Trinajstić information content (AvgIpc) is 3.66. The summed E-state index contributed by atoms with van der Waals surface area (Å²) >= 11 is 11.4. The van der Waals surface area contributed by atoms with Crippen molar-refractivity contribution in [3.8, 4) is 0 Å². The Morgan fingerprint density at radius 1 is 0.865 bits per heavy atom. The number of aryl methyl sites for hydroxylation is 1. The third kappa shape index (κ3) is 20.4. The van der Waals surface area contributed by atoms with Gasteiger partial charge in [0.1, 0.15) is 6.04 Å². The molecule has 52 heavy (non-hydrogen) atoms. The lowest BCUT2D eigenvalue weighted by Gasteiger charge is -2.23. The van der Waals surface area contributed by atoms with E-state index in [0.717, 1.165) is 24.1 Å². The Morgan fingerprint density at radius 3 is 1.94 bits per heavy atom. The Balaban J connectivity index is 0.000000490. The summed E-state index contributed by atoms with van der Waals surface area (Å²) in [4.78, 5) is 49.8. The second kappa shape index (κ2) is 27.9. The number of nitrogens with one attached hydrogen (secondary N) is 3. The van der Waals surface area contributed by atoms with Gasteiger partial charge in [-0.25, -0.2) is 8.93 Å². The number of rotatable bonds is 14. The highest BCUT2D eigenvalue weighted by Crippen LogP contribution is 2.17. The van der Waals surface area contributed by atoms with Crippen LogP contribution >= 0.6 is 23.2 Å². The van der Waals surface area contributed by atoms with Gasteiger partial charge in [-0.1, -0.05) is 98.1 Å². The Labute approximate surface area is 320 Å². The van der Waals surface area contributed by atoms with Crippen molar-refractivity contribution in [1.82, 2.24) is 20.3 Å². The highest BCUT2D eigenvalue weighted by Gasteiger charge is 2.34. The third-order valence-corrected chi connectivity index (χ3v) is 8.55. The summed E-state index contributed by atoms with van der Waals surface area (Å²) in [6.45, 7) is 5.32. The number of unbranched alkanes of at least 4 members (excludes halogenated alkanes) is 1. The van der Waals surface area contributed by atoms with Gasteiger partial charge in [0, 0.05) is 29.4 Å². The lowest BCUT2D eigenvalue weighted by molar-refractivity contribution is -0.140. The Bertz CT molecular complexity index is 1500. The smallest absolute Gasteiger partial charge is 0.289 e. The fourth-order valence-corrected chi connectivity index (χ4v) is 5.12.